The van der Waals surface area contributed by atoms with Gasteiger partial charge in [-0.15, -0.1) is 0 Å². The molecule has 1 N–H and O–H groups in total. The normalized spacial score (nSPS) is 24.3. The molecule has 3 rings (SSSR count). The van der Waals surface area contributed by atoms with E-state index in [4.69, 9.17) is 11.6 Å². The maximum atomic E-state index is 13.4. The molecule has 110 valence electrons. The minimum Gasteiger partial charge on any atom is -0.377 e. The first-order valence-electron chi connectivity index (χ1n) is 7.20. The number of nitrogens with one attached hydrogen (secondary N) is 1. The number of nitrogens with zero attached hydrogens (tertiary/aromatic N) is 1. The Morgan fingerprint density at radius 2 is 2.24 bits per heavy atom. The van der Waals surface area contributed by atoms with Crippen molar-refractivity contribution in [2.45, 2.75) is 38.1 Å². The topological polar surface area (TPSA) is 24.9 Å². The lowest BCUT2D eigenvalue weighted by Crippen LogP contribution is -2.34. The molecule has 0 saturated carbocycles. The third-order valence-corrected chi connectivity index (χ3v) is 4.78. The molecule has 0 fully saturated rings. The summed E-state index contributed by atoms with van der Waals surface area (Å²) in [6.45, 7) is 4.41. The summed E-state index contributed by atoms with van der Waals surface area (Å²) >= 11 is 5.92. The van der Waals surface area contributed by atoms with E-state index in [0.717, 1.165) is 29.8 Å². The minimum atomic E-state index is -0.378. The second-order valence-electron chi connectivity index (χ2n) is 5.89. The van der Waals surface area contributed by atoms with E-state index in [9.17, 15) is 4.39 Å². The largest absolute Gasteiger partial charge is 0.377 e. The fourth-order valence-corrected chi connectivity index (χ4v) is 3.22. The van der Waals surface area contributed by atoms with E-state index in [1.807, 2.05) is 18.3 Å². The number of aromatic nitrogens is 1. The molecule has 1 aliphatic rings. The van der Waals surface area contributed by atoms with Gasteiger partial charge >= 0.3 is 0 Å². The highest BCUT2D eigenvalue weighted by Gasteiger charge is 2.36. The summed E-state index contributed by atoms with van der Waals surface area (Å²) in [6.07, 6.45) is 3.75. The van der Waals surface area contributed by atoms with Crippen molar-refractivity contribution in [3.63, 3.8) is 0 Å². The van der Waals surface area contributed by atoms with Crippen LogP contribution >= 0.6 is 11.6 Å². The van der Waals surface area contributed by atoms with Crippen LogP contribution in [0.25, 0.3) is 0 Å². The third-order valence-electron chi connectivity index (χ3n) is 4.49. The summed E-state index contributed by atoms with van der Waals surface area (Å²) < 4.78 is 13.4. The smallest absolute Gasteiger partial charge is 0.141 e. The highest BCUT2D eigenvalue weighted by Crippen LogP contribution is 2.45. The molecule has 0 spiro atoms. The van der Waals surface area contributed by atoms with Gasteiger partial charge in [0.15, 0.2) is 0 Å². The van der Waals surface area contributed by atoms with Gasteiger partial charge < -0.3 is 5.32 Å². The van der Waals surface area contributed by atoms with Crippen molar-refractivity contribution >= 4 is 17.3 Å². The van der Waals surface area contributed by atoms with Crippen LogP contribution in [0.4, 0.5) is 10.1 Å². The number of fused-ring (bicyclic) bond motifs is 1. The Morgan fingerprint density at radius 1 is 1.43 bits per heavy atom. The first-order chi connectivity index (χ1) is 10.0. The lowest BCUT2D eigenvalue weighted by Gasteiger charge is -2.39. The number of rotatable bonds is 2. The molecular formula is C17H18ClFN2. The average Bonchev–Trinajstić information content (AvgIpc) is 2.50. The van der Waals surface area contributed by atoms with Gasteiger partial charge in [-0.05, 0) is 42.7 Å². The lowest BCUT2D eigenvalue weighted by atomic mass is 9.73. The van der Waals surface area contributed by atoms with Gasteiger partial charge in [-0.1, -0.05) is 31.5 Å². The van der Waals surface area contributed by atoms with E-state index in [0.29, 0.717) is 0 Å². The van der Waals surface area contributed by atoms with Gasteiger partial charge in [0.05, 0.1) is 22.4 Å². The second kappa shape index (κ2) is 5.30. The molecule has 2 unspecified atom stereocenters. The number of hydrogen-bond acceptors (Lipinski definition) is 2. The predicted molar refractivity (Wildman–Crippen MR) is 84.3 cm³/mol. The quantitative estimate of drug-likeness (QED) is 0.835. The van der Waals surface area contributed by atoms with Crippen LogP contribution in [-0.2, 0) is 5.41 Å². The highest BCUT2D eigenvalue weighted by molar-refractivity contribution is 6.30. The number of benzene rings is 1. The van der Waals surface area contributed by atoms with Gasteiger partial charge in [0.2, 0.25) is 0 Å². The number of anilines is 1. The average molecular weight is 305 g/mol. The standard InChI is InChI=1S/C17H18ClFN2/c1-3-17(2)10-15(11-6-7-13(19)12(18)9-11)21-14-5-4-8-20-16(14)17/h4-9,15,21H,3,10H2,1-2H3. The van der Waals surface area contributed by atoms with Crippen molar-refractivity contribution in [2.75, 3.05) is 5.32 Å². The molecular weight excluding hydrogens is 287 g/mol. The van der Waals surface area contributed by atoms with Crippen LogP contribution in [0, 0.1) is 5.82 Å². The number of pyridine rings is 1. The molecule has 4 heteroatoms. The summed E-state index contributed by atoms with van der Waals surface area (Å²) in [5.41, 5.74) is 3.18. The predicted octanol–water partition coefficient (Wildman–Crippen LogP) is 5.10. The van der Waals surface area contributed by atoms with Crippen molar-refractivity contribution in [1.82, 2.24) is 4.98 Å². The third kappa shape index (κ3) is 2.51. The Bertz CT molecular complexity index is 674. The Balaban J connectivity index is 2.02. The maximum absolute atomic E-state index is 13.4. The summed E-state index contributed by atoms with van der Waals surface area (Å²) in [5, 5.41) is 3.68. The molecule has 1 aromatic carbocycles. The van der Waals surface area contributed by atoms with Crippen LogP contribution < -0.4 is 5.32 Å². The van der Waals surface area contributed by atoms with E-state index in [2.05, 4.69) is 24.1 Å². The van der Waals surface area contributed by atoms with Crippen LogP contribution in [-0.4, -0.2) is 4.98 Å². The first kappa shape index (κ1) is 14.3. The van der Waals surface area contributed by atoms with Crippen molar-refractivity contribution in [1.29, 1.82) is 0 Å². The Hall–Kier alpha value is -1.61. The second-order valence-corrected chi connectivity index (χ2v) is 6.30. The minimum absolute atomic E-state index is 0.00731. The summed E-state index contributed by atoms with van der Waals surface area (Å²) in [5.74, 6) is -0.378. The molecule has 0 amide bonds. The number of hydrogen-bond donors (Lipinski definition) is 1. The zero-order valence-electron chi connectivity index (χ0n) is 12.2. The van der Waals surface area contributed by atoms with Gasteiger partial charge in [-0.3, -0.25) is 4.98 Å². The molecule has 21 heavy (non-hydrogen) atoms. The molecule has 0 saturated heterocycles. The van der Waals surface area contributed by atoms with Crippen molar-refractivity contribution in [2.24, 2.45) is 0 Å². The van der Waals surface area contributed by atoms with Crippen LogP contribution in [0.2, 0.25) is 5.02 Å². The molecule has 1 aliphatic heterocycles. The molecule has 2 nitrogen and oxygen atoms in total. The molecule has 1 aromatic heterocycles. The van der Waals surface area contributed by atoms with E-state index in [-0.39, 0.29) is 22.3 Å². The summed E-state index contributed by atoms with van der Waals surface area (Å²) in [6, 6.07) is 9.05. The maximum Gasteiger partial charge on any atom is 0.141 e. The van der Waals surface area contributed by atoms with Gasteiger partial charge in [-0.2, -0.15) is 0 Å². The van der Waals surface area contributed by atoms with Crippen molar-refractivity contribution in [3.8, 4) is 0 Å². The zero-order valence-corrected chi connectivity index (χ0v) is 12.9. The highest BCUT2D eigenvalue weighted by atomic mass is 35.5. The van der Waals surface area contributed by atoms with Crippen LogP contribution in [0.5, 0.6) is 0 Å². The van der Waals surface area contributed by atoms with Gasteiger partial charge in [0.1, 0.15) is 5.82 Å². The van der Waals surface area contributed by atoms with Crippen LogP contribution in [0.3, 0.4) is 0 Å². The van der Waals surface area contributed by atoms with Crippen molar-refractivity contribution in [3.05, 3.63) is 58.6 Å². The number of halogens is 2. The van der Waals surface area contributed by atoms with Gasteiger partial charge in [0, 0.05) is 11.6 Å². The van der Waals surface area contributed by atoms with Gasteiger partial charge in [-0.25, -0.2) is 4.39 Å². The molecule has 0 bridgehead atoms. The zero-order chi connectivity index (χ0) is 15.0. The van der Waals surface area contributed by atoms with Crippen LogP contribution in [0.15, 0.2) is 36.5 Å². The first-order valence-corrected chi connectivity index (χ1v) is 7.58. The van der Waals surface area contributed by atoms with Gasteiger partial charge in [0.25, 0.3) is 0 Å². The van der Waals surface area contributed by atoms with E-state index in [1.54, 1.807) is 12.1 Å². The molecule has 0 radical (unpaired) electrons. The molecule has 2 aromatic rings. The lowest BCUT2D eigenvalue weighted by molar-refractivity contribution is 0.367. The molecule has 0 aliphatic carbocycles. The van der Waals surface area contributed by atoms with E-state index in [1.165, 1.54) is 6.07 Å². The van der Waals surface area contributed by atoms with E-state index < -0.39 is 0 Å². The molecule has 2 heterocycles. The van der Waals surface area contributed by atoms with Crippen LogP contribution in [0.1, 0.15) is 44.0 Å². The fraction of sp³-hybridized carbons (Fsp3) is 0.353. The monoisotopic (exact) mass is 304 g/mol. The van der Waals surface area contributed by atoms with Crippen molar-refractivity contribution < 1.29 is 4.39 Å². The fourth-order valence-electron chi connectivity index (χ4n) is 3.03. The summed E-state index contributed by atoms with van der Waals surface area (Å²) in [4.78, 5) is 4.55. The Morgan fingerprint density at radius 3 is 2.95 bits per heavy atom. The summed E-state index contributed by atoms with van der Waals surface area (Å²) in [7, 11) is 0. The Labute approximate surface area is 129 Å². The Kier molecular flexibility index (Phi) is 3.62. The van der Waals surface area contributed by atoms with E-state index >= 15 is 0 Å². The SMILES string of the molecule is CCC1(C)CC(c2ccc(F)c(Cl)c2)Nc2cccnc21. The molecule has 2 atom stereocenters.